The molecule has 0 bridgehead atoms. The zero-order valence-electron chi connectivity index (χ0n) is 13.4. The summed E-state index contributed by atoms with van der Waals surface area (Å²) >= 11 is 0. The van der Waals surface area contributed by atoms with Gasteiger partial charge in [-0.2, -0.15) is 0 Å². The Balaban J connectivity index is 1.69. The van der Waals surface area contributed by atoms with Gasteiger partial charge in [0.25, 0.3) is 0 Å². The van der Waals surface area contributed by atoms with Gasteiger partial charge in [0.2, 0.25) is 0 Å². The minimum Gasteiger partial charge on any atom is -0.315 e. The predicted octanol–water partition coefficient (Wildman–Crippen LogP) is 3.95. The van der Waals surface area contributed by atoms with Crippen molar-refractivity contribution >= 4 is 0 Å². The zero-order chi connectivity index (χ0) is 13.8. The van der Waals surface area contributed by atoms with E-state index in [-0.39, 0.29) is 0 Å². The van der Waals surface area contributed by atoms with Crippen LogP contribution in [0.2, 0.25) is 0 Å². The van der Waals surface area contributed by atoms with E-state index in [4.69, 9.17) is 0 Å². The minimum absolute atomic E-state index is 0.748. The molecule has 0 amide bonds. The summed E-state index contributed by atoms with van der Waals surface area (Å²) in [4.78, 5) is 2.96. The molecule has 0 spiro atoms. The van der Waals surface area contributed by atoms with Crippen molar-refractivity contribution in [3.63, 3.8) is 0 Å². The highest BCUT2D eigenvalue weighted by Crippen LogP contribution is 2.38. The molecule has 1 N–H and O–H groups in total. The number of rotatable bonds is 3. The van der Waals surface area contributed by atoms with Crippen molar-refractivity contribution in [1.82, 2.24) is 10.2 Å². The Morgan fingerprint density at radius 1 is 0.700 bits per heavy atom. The summed E-state index contributed by atoms with van der Waals surface area (Å²) in [5, 5.41) is 3.67. The molecule has 2 nitrogen and oxygen atoms in total. The van der Waals surface area contributed by atoms with Crippen LogP contribution in [0.25, 0.3) is 0 Å². The molecule has 20 heavy (non-hydrogen) atoms. The second-order valence-corrected chi connectivity index (χ2v) is 7.45. The fourth-order valence-corrected chi connectivity index (χ4v) is 5.27. The van der Waals surface area contributed by atoms with Crippen LogP contribution in [-0.4, -0.2) is 36.6 Å². The third kappa shape index (κ3) is 3.22. The maximum atomic E-state index is 3.67. The second kappa shape index (κ2) is 7.26. The van der Waals surface area contributed by atoms with Gasteiger partial charge in [-0.25, -0.2) is 0 Å². The Labute approximate surface area is 125 Å². The molecule has 0 aromatic rings. The van der Waals surface area contributed by atoms with E-state index < -0.39 is 0 Å². The van der Waals surface area contributed by atoms with Crippen LogP contribution in [0.4, 0.5) is 0 Å². The van der Waals surface area contributed by atoms with Gasteiger partial charge in [0.05, 0.1) is 0 Å². The van der Waals surface area contributed by atoms with Gasteiger partial charge in [-0.15, -0.1) is 0 Å². The molecule has 2 aliphatic carbocycles. The van der Waals surface area contributed by atoms with Gasteiger partial charge >= 0.3 is 0 Å². The van der Waals surface area contributed by atoms with E-state index in [1.165, 1.54) is 83.6 Å². The average Bonchev–Trinajstić information content (AvgIpc) is 3.09. The van der Waals surface area contributed by atoms with Crippen LogP contribution in [-0.2, 0) is 0 Å². The molecule has 116 valence electrons. The van der Waals surface area contributed by atoms with E-state index in [0.29, 0.717) is 0 Å². The summed E-state index contributed by atoms with van der Waals surface area (Å²) in [7, 11) is 2.19. The van der Waals surface area contributed by atoms with Crippen molar-refractivity contribution in [2.24, 2.45) is 5.92 Å². The largest absolute Gasteiger partial charge is 0.315 e. The van der Waals surface area contributed by atoms with Crippen molar-refractivity contribution in [2.75, 3.05) is 13.6 Å². The Hall–Kier alpha value is -0.0800. The molecule has 3 rings (SSSR count). The summed E-state index contributed by atoms with van der Waals surface area (Å²) in [5.74, 6) is 1.03. The molecule has 0 aromatic heterocycles. The van der Waals surface area contributed by atoms with Gasteiger partial charge in [0.15, 0.2) is 0 Å². The topological polar surface area (TPSA) is 15.3 Å². The Bertz CT molecular complexity index is 285. The van der Waals surface area contributed by atoms with Gasteiger partial charge in [0, 0.05) is 18.1 Å². The second-order valence-electron chi connectivity index (χ2n) is 7.45. The summed E-state index contributed by atoms with van der Waals surface area (Å²) in [6.45, 7) is 1.38. The number of likely N-dealkylation sites (tertiary alicyclic amines) is 1. The van der Waals surface area contributed by atoms with E-state index in [0.717, 1.165) is 24.0 Å². The lowest BCUT2D eigenvalue weighted by molar-refractivity contribution is 0.0936. The molecular weight excluding hydrogens is 244 g/mol. The van der Waals surface area contributed by atoms with Crippen LogP contribution < -0.4 is 5.32 Å². The van der Waals surface area contributed by atoms with Crippen molar-refractivity contribution in [2.45, 2.75) is 95.2 Å². The van der Waals surface area contributed by atoms with Gasteiger partial charge in [0.1, 0.15) is 0 Å². The third-order valence-corrected chi connectivity index (χ3v) is 6.31. The molecule has 3 unspecified atom stereocenters. The molecule has 2 heteroatoms. The molecule has 0 radical (unpaired) electrons. The highest BCUT2D eigenvalue weighted by atomic mass is 15.2. The highest BCUT2D eigenvalue weighted by Gasteiger charge is 2.39. The number of likely N-dealkylation sites (N-methyl/N-ethyl adjacent to an activating group) is 1. The van der Waals surface area contributed by atoms with Crippen molar-refractivity contribution in [3.05, 3.63) is 0 Å². The van der Waals surface area contributed by atoms with Gasteiger partial charge in [-0.1, -0.05) is 38.5 Å². The van der Waals surface area contributed by atoms with Crippen LogP contribution in [0.15, 0.2) is 0 Å². The van der Waals surface area contributed by atoms with Crippen LogP contribution in [0.5, 0.6) is 0 Å². The van der Waals surface area contributed by atoms with E-state index >= 15 is 0 Å². The van der Waals surface area contributed by atoms with Gasteiger partial charge in [-0.3, -0.25) is 4.90 Å². The molecule has 1 saturated heterocycles. The fraction of sp³-hybridized carbons (Fsp3) is 1.00. The summed E-state index contributed by atoms with van der Waals surface area (Å²) < 4.78 is 0. The maximum Gasteiger partial charge on any atom is 0.0252 e. The SMILES string of the molecule is CNC1CCCCCCC1N1CCCC1C1CCCC1. The number of hydrogen-bond donors (Lipinski definition) is 1. The summed E-state index contributed by atoms with van der Waals surface area (Å²) in [6.07, 6.45) is 17.6. The first-order chi connectivity index (χ1) is 9.90. The van der Waals surface area contributed by atoms with Crippen LogP contribution in [0.1, 0.15) is 77.0 Å². The van der Waals surface area contributed by atoms with Crippen LogP contribution in [0.3, 0.4) is 0 Å². The maximum absolute atomic E-state index is 3.67. The molecule has 1 aliphatic heterocycles. The Morgan fingerprint density at radius 2 is 1.35 bits per heavy atom. The monoisotopic (exact) mass is 278 g/mol. The lowest BCUT2D eigenvalue weighted by Crippen LogP contribution is -2.52. The lowest BCUT2D eigenvalue weighted by Gasteiger charge is -2.41. The van der Waals surface area contributed by atoms with E-state index in [9.17, 15) is 0 Å². The van der Waals surface area contributed by atoms with Crippen molar-refractivity contribution in [3.8, 4) is 0 Å². The molecule has 2 saturated carbocycles. The molecule has 3 atom stereocenters. The number of hydrogen-bond acceptors (Lipinski definition) is 2. The van der Waals surface area contributed by atoms with Crippen molar-refractivity contribution in [1.29, 1.82) is 0 Å². The molecular formula is C18H34N2. The highest BCUT2D eigenvalue weighted by molar-refractivity contribution is 4.95. The smallest absolute Gasteiger partial charge is 0.0252 e. The van der Waals surface area contributed by atoms with E-state index in [1.54, 1.807) is 0 Å². The molecule has 0 aromatic carbocycles. The standard InChI is InChI=1S/C18H34N2/c1-19-16-11-4-2-3-5-12-18(16)20-14-8-13-17(20)15-9-6-7-10-15/h15-19H,2-14H2,1H3. The fourth-order valence-electron chi connectivity index (χ4n) is 5.27. The normalized spacial score (nSPS) is 38.0. The molecule has 3 aliphatic rings. The molecule has 1 heterocycles. The quantitative estimate of drug-likeness (QED) is 0.841. The first-order valence-electron chi connectivity index (χ1n) is 9.33. The first kappa shape index (κ1) is 14.8. The Kier molecular flexibility index (Phi) is 5.39. The van der Waals surface area contributed by atoms with Crippen LogP contribution >= 0.6 is 0 Å². The van der Waals surface area contributed by atoms with E-state index in [2.05, 4.69) is 17.3 Å². The Morgan fingerprint density at radius 3 is 2.10 bits per heavy atom. The number of nitrogens with one attached hydrogen (secondary N) is 1. The average molecular weight is 278 g/mol. The first-order valence-corrected chi connectivity index (χ1v) is 9.33. The number of nitrogens with zero attached hydrogens (tertiary/aromatic N) is 1. The van der Waals surface area contributed by atoms with E-state index in [1.807, 2.05) is 0 Å². The summed E-state index contributed by atoms with van der Waals surface area (Å²) in [6, 6.07) is 2.50. The van der Waals surface area contributed by atoms with Gasteiger partial charge < -0.3 is 5.32 Å². The third-order valence-electron chi connectivity index (χ3n) is 6.31. The van der Waals surface area contributed by atoms with Crippen LogP contribution in [0, 0.1) is 5.92 Å². The minimum atomic E-state index is 0.748. The van der Waals surface area contributed by atoms with Gasteiger partial charge in [-0.05, 0) is 58.0 Å². The zero-order valence-corrected chi connectivity index (χ0v) is 13.4. The summed E-state index contributed by atoms with van der Waals surface area (Å²) in [5.41, 5.74) is 0. The lowest BCUT2D eigenvalue weighted by atomic mass is 9.88. The predicted molar refractivity (Wildman–Crippen MR) is 86.0 cm³/mol. The molecule has 3 fully saturated rings. The van der Waals surface area contributed by atoms with Crippen molar-refractivity contribution < 1.29 is 0 Å².